The quantitative estimate of drug-likeness (QED) is 0.508. The second-order valence-electron chi connectivity index (χ2n) is 8.29. The highest BCUT2D eigenvalue weighted by atomic mass is 16.2. The summed E-state index contributed by atoms with van der Waals surface area (Å²) < 4.78 is 0. The highest BCUT2D eigenvalue weighted by Gasteiger charge is 2.12. The van der Waals surface area contributed by atoms with Crippen molar-refractivity contribution in [3.05, 3.63) is 23.8 Å². The number of hydrogen-bond donors (Lipinski definition) is 4. The molecule has 0 saturated heterocycles. The lowest BCUT2D eigenvalue weighted by atomic mass is 10.1. The number of nitrogens with one attached hydrogen (secondary N) is 4. The lowest BCUT2D eigenvalue weighted by Gasteiger charge is -2.18. The van der Waals surface area contributed by atoms with Gasteiger partial charge in [-0.1, -0.05) is 33.8 Å². The summed E-state index contributed by atoms with van der Waals surface area (Å²) in [5, 5.41) is 11.6. The van der Waals surface area contributed by atoms with Gasteiger partial charge in [0.15, 0.2) is 0 Å². The minimum absolute atomic E-state index is 0.0971. The lowest BCUT2D eigenvalue weighted by Crippen LogP contribution is -2.37. The van der Waals surface area contributed by atoms with Gasteiger partial charge in [-0.2, -0.15) is 0 Å². The van der Waals surface area contributed by atoms with Gasteiger partial charge < -0.3 is 21.3 Å². The fraction of sp³-hybridized carbons (Fsp3) is 0.619. The molecule has 6 heteroatoms. The first-order chi connectivity index (χ1) is 12.6. The van der Waals surface area contributed by atoms with Crippen LogP contribution in [0.15, 0.2) is 18.2 Å². The first-order valence-electron chi connectivity index (χ1n) is 9.82. The Balaban J connectivity index is 2.66. The molecule has 27 heavy (non-hydrogen) atoms. The number of aryl methyl sites for hydroxylation is 1. The first kappa shape index (κ1) is 22.8. The van der Waals surface area contributed by atoms with E-state index in [0.717, 1.165) is 18.4 Å². The lowest BCUT2D eigenvalue weighted by molar-refractivity contribution is 0.246. The number of benzene rings is 1. The van der Waals surface area contributed by atoms with E-state index in [4.69, 9.17) is 0 Å². The van der Waals surface area contributed by atoms with E-state index in [9.17, 15) is 9.59 Å². The van der Waals surface area contributed by atoms with Crippen molar-refractivity contribution in [2.75, 3.05) is 10.6 Å². The van der Waals surface area contributed by atoms with E-state index in [1.165, 1.54) is 0 Å². The van der Waals surface area contributed by atoms with Crippen LogP contribution >= 0.6 is 0 Å². The molecule has 4 amide bonds. The molecule has 1 aromatic carbocycles. The minimum atomic E-state index is -0.243. The Hall–Kier alpha value is -2.24. The highest BCUT2D eigenvalue weighted by Crippen LogP contribution is 2.20. The second kappa shape index (κ2) is 10.8. The van der Waals surface area contributed by atoms with Crippen molar-refractivity contribution in [3.63, 3.8) is 0 Å². The molecule has 0 aliphatic carbocycles. The monoisotopic (exact) mass is 376 g/mol. The summed E-state index contributed by atoms with van der Waals surface area (Å²) in [6, 6.07) is 5.19. The molecule has 1 aromatic rings. The largest absolute Gasteiger partial charge is 0.335 e. The van der Waals surface area contributed by atoms with Gasteiger partial charge in [-0.25, -0.2) is 9.59 Å². The third kappa shape index (κ3) is 9.31. The predicted octanol–water partition coefficient (Wildman–Crippen LogP) is 5.11. The molecule has 0 spiro atoms. The van der Waals surface area contributed by atoms with Gasteiger partial charge >= 0.3 is 12.1 Å². The molecular weight excluding hydrogens is 340 g/mol. The molecule has 2 unspecified atom stereocenters. The molecule has 152 valence electrons. The molecule has 0 aliphatic rings. The van der Waals surface area contributed by atoms with Gasteiger partial charge in [-0.3, -0.25) is 0 Å². The summed E-state index contributed by atoms with van der Waals surface area (Å²) in [7, 11) is 0. The molecule has 0 fully saturated rings. The van der Waals surface area contributed by atoms with Gasteiger partial charge in [0, 0.05) is 23.5 Å². The Bertz CT molecular complexity index is 629. The molecule has 6 nitrogen and oxygen atoms in total. The summed E-state index contributed by atoms with van der Waals surface area (Å²) in [4.78, 5) is 24.4. The van der Waals surface area contributed by atoms with Crippen LogP contribution in [0.25, 0.3) is 0 Å². The van der Waals surface area contributed by atoms with E-state index < -0.39 is 0 Å². The summed E-state index contributed by atoms with van der Waals surface area (Å²) in [6.45, 7) is 14.4. The number of amides is 4. The number of carbonyl (C=O) groups is 2. The number of carbonyl (C=O) groups excluding carboxylic acids is 2. The SMILES string of the molecule is Cc1ccc(NC(=O)NC(C)CC(C)C)cc1NC(=O)NC(C)CC(C)C. The van der Waals surface area contributed by atoms with Crippen molar-refractivity contribution in [2.45, 2.75) is 73.4 Å². The number of rotatable bonds is 8. The van der Waals surface area contributed by atoms with Crippen LogP contribution in [0, 0.1) is 18.8 Å². The Kier molecular flexibility index (Phi) is 9.12. The zero-order chi connectivity index (χ0) is 20.6. The Morgan fingerprint density at radius 1 is 0.815 bits per heavy atom. The highest BCUT2D eigenvalue weighted by molar-refractivity contribution is 5.93. The molecule has 0 heterocycles. The number of hydrogen-bond acceptors (Lipinski definition) is 2. The molecule has 0 saturated carbocycles. The fourth-order valence-corrected chi connectivity index (χ4v) is 3.14. The molecule has 0 radical (unpaired) electrons. The molecule has 2 atom stereocenters. The zero-order valence-electron chi connectivity index (χ0n) is 17.8. The van der Waals surface area contributed by atoms with E-state index in [1.807, 2.05) is 32.9 Å². The van der Waals surface area contributed by atoms with E-state index in [1.54, 1.807) is 6.07 Å². The average Bonchev–Trinajstić information content (AvgIpc) is 2.48. The average molecular weight is 377 g/mol. The van der Waals surface area contributed by atoms with Crippen LogP contribution in [0.5, 0.6) is 0 Å². The Morgan fingerprint density at radius 3 is 1.78 bits per heavy atom. The van der Waals surface area contributed by atoms with Crippen LogP contribution in [-0.4, -0.2) is 24.1 Å². The minimum Gasteiger partial charge on any atom is -0.335 e. The van der Waals surface area contributed by atoms with E-state index >= 15 is 0 Å². The first-order valence-corrected chi connectivity index (χ1v) is 9.82. The van der Waals surface area contributed by atoms with Gasteiger partial charge in [-0.05, 0) is 63.1 Å². The van der Waals surface area contributed by atoms with Gasteiger partial charge in [0.05, 0.1) is 0 Å². The maximum Gasteiger partial charge on any atom is 0.319 e. The Labute approximate surface area is 163 Å². The topological polar surface area (TPSA) is 82.3 Å². The zero-order valence-corrected chi connectivity index (χ0v) is 17.8. The maximum absolute atomic E-state index is 12.2. The third-order valence-corrected chi connectivity index (χ3v) is 4.15. The van der Waals surface area contributed by atoms with Crippen LogP contribution < -0.4 is 21.3 Å². The van der Waals surface area contributed by atoms with Gasteiger partial charge in [0.25, 0.3) is 0 Å². The summed E-state index contributed by atoms with van der Waals surface area (Å²) in [5.74, 6) is 1.04. The standard InChI is InChI=1S/C21H36N4O2/c1-13(2)10-16(6)22-20(26)24-18-9-8-15(5)19(12-18)25-21(27)23-17(7)11-14(3)4/h8-9,12-14,16-17H,10-11H2,1-7H3,(H2,22,24,26)(H2,23,25,27). The van der Waals surface area contributed by atoms with Crippen molar-refractivity contribution < 1.29 is 9.59 Å². The molecule has 0 aliphatic heterocycles. The van der Waals surface area contributed by atoms with E-state index in [0.29, 0.717) is 23.2 Å². The van der Waals surface area contributed by atoms with Gasteiger partial charge in [-0.15, -0.1) is 0 Å². The summed E-state index contributed by atoms with van der Waals surface area (Å²) in [6.07, 6.45) is 1.84. The second-order valence-corrected chi connectivity index (χ2v) is 8.29. The van der Waals surface area contributed by atoms with Crippen LogP contribution in [0.4, 0.5) is 21.0 Å². The van der Waals surface area contributed by atoms with Crippen LogP contribution in [0.1, 0.15) is 59.9 Å². The molecule has 0 aromatic heterocycles. The van der Waals surface area contributed by atoms with Crippen LogP contribution in [-0.2, 0) is 0 Å². The van der Waals surface area contributed by atoms with Crippen LogP contribution in [0.2, 0.25) is 0 Å². The van der Waals surface area contributed by atoms with Crippen molar-refractivity contribution in [1.29, 1.82) is 0 Å². The van der Waals surface area contributed by atoms with E-state index in [2.05, 4.69) is 49.0 Å². The number of urea groups is 2. The molecule has 4 N–H and O–H groups in total. The molecule has 0 bridgehead atoms. The van der Waals surface area contributed by atoms with E-state index in [-0.39, 0.29) is 24.1 Å². The maximum atomic E-state index is 12.2. The number of anilines is 2. The van der Waals surface area contributed by atoms with Crippen LogP contribution in [0.3, 0.4) is 0 Å². The normalized spacial score (nSPS) is 13.2. The summed E-state index contributed by atoms with van der Waals surface area (Å²) in [5.41, 5.74) is 2.25. The molecule has 1 rings (SSSR count). The van der Waals surface area contributed by atoms with Crippen molar-refractivity contribution in [2.24, 2.45) is 11.8 Å². The van der Waals surface area contributed by atoms with Crippen molar-refractivity contribution >= 4 is 23.4 Å². The third-order valence-electron chi connectivity index (χ3n) is 4.15. The van der Waals surface area contributed by atoms with Gasteiger partial charge in [0.1, 0.15) is 0 Å². The Morgan fingerprint density at radius 2 is 1.30 bits per heavy atom. The fourth-order valence-electron chi connectivity index (χ4n) is 3.14. The molecular formula is C21H36N4O2. The van der Waals surface area contributed by atoms with Gasteiger partial charge in [0.2, 0.25) is 0 Å². The van der Waals surface area contributed by atoms with Crippen molar-refractivity contribution in [1.82, 2.24) is 10.6 Å². The van der Waals surface area contributed by atoms with Crippen molar-refractivity contribution in [3.8, 4) is 0 Å². The smallest absolute Gasteiger partial charge is 0.319 e. The predicted molar refractivity (Wildman–Crippen MR) is 113 cm³/mol. The summed E-state index contributed by atoms with van der Waals surface area (Å²) >= 11 is 0.